The molecule has 0 aliphatic heterocycles. The highest BCUT2D eigenvalue weighted by molar-refractivity contribution is 8.93. The number of imidazole rings is 1. The Morgan fingerprint density at radius 3 is 2.25 bits per heavy atom. The molecule has 0 atom stereocenters. The van der Waals surface area contributed by atoms with Crippen LogP contribution in [0.3, 0.4) is 0 Å². The maximum atomic E-state index is 9.60. The predicted octanol–water partition coefficient (Wildman–Crippen LogP) is 1.63. The van der Waals surface area contributed by atoms with Crippen LogP contribution in [0.2, 0.25) is 0 Å². The summed E-state index contributed by atoms with van der Waals surface area (Å²) in [5.74, 6) is -0.935. The third kappa shape index (κ3) is 8.90. The van der Waals surface area contributed by atoms with E-state index in [-0.39, 0.29) is 22.6 Å². The Morgan fingerprint density at radius 2 is 2.17 bits per heavy atom. The van der Waals surface area contributed by atoms with Crippen molar-refractivity contribution in [3.63, 3.8) is 0 Å². The van der Waals surface area contributed by atoms with E-state index in [1.165, 1.54) is 6.92 Å². The number of aromatic amines is 1. The number of carboxylic acid groups (broad SMARTS) is 1. The van der Waals surface area contributed by atoms with Gasteiger partial charge in [-0.15, -0.1) is 17.0 Å². The molecule has 0 amide bonds. The molecule has 12 heavy (non-hydrogen) atoms. The van der Waals surface area contributed by atoms with Crippen molar-refractivity contribution in [2.24, 2.45) is 0 Å². The van der Waals surface area contributed by atoms with Gasteiger partial charge in [0.1, 0.15) is 0 Å². The normalized spacial score (nSPS) is 7.08. The molecule has 0 radical (unpaired) electrons. The summed E-state index contributed by atoms with van der Waals surface area (Å²) in [6.07, 6.45) is 5.08. The van der Waals surface area contributed by atoms with E-state index >= 15 is 0 Å². The molecule has 0 aliphatic rings. The fourth-order valence-electron chi connectivity index (χ4n) is 0.215. The van der Waals surface area contributed by atoms with E-state index in [0.717, 1.165) is 0 Å². The lowest BCUT2D eigenvalue weighted by Crippen LogP contribution is -1.92. The molecular formula is C7H11BrN2O2. The van der Waals surface area contributed by atoms with Gasteiger partial charge in [0.15, 0.2) is 0 Å². The number of carbonyl (C=O) groups is 1. The monoisotopic (exact) mass is 234 g/mol. The summed E-state index contributed by atoms with van der Waals surface area (Å²) in [6.45, 7) is 4.60. The predicted molar refractivity (Wildman–Crippen MR) is 51.4 cm³/mol. The third-order valence-corrected chi connectivity index (χ3v) is 0.771. The summed E-state index contributed by atoms with van der Waals surface area (Å²) >= 11 is 0. The molecule has 0 aromatic carbocycles. The number of carboxylic acids is 1. The molecule has 1 aromatic rings. The second kappa shape index (κ2) is 8.00. The summed E-state index contributed by atoms with van der Waals surface area (Å²) < 4.78 is 0. The highest BCUT2D eigenvalue weighted by Crippen LogP contribution is 1.81. The first-order chi connectivity index (χ1) is 5.14. The summed E-state index contributed by atoms with van der Waals surface area (Å²) in [6, 6.07) is 0. The number of halogens is 1. The van der Waals surface area contributed by atoms with Crippen LogP contribution in [0.4, 0.5) is 0 Å². The fraction of sp³-hybridized carbons (Fsp3) is 0.143. The molecule has 0 fully saturated rings. The number of H-pyrrole nitrogens is 1. The van der Waals surface area contributed by atoms with Gasteiger partial charge in [0, 0.05) is 18.0 Å². The van der Waals surface area contributed by atoms with Crippen LogP contribution in [-0.4, -0.2) is 21.0 Å². The Bertz CT molecular complexity index is 192. The minimum Gasteiger partial charge on any atom is -0.478 e. The molecule has 2 N–H and O–H groups in total. The van der Waals surface area contributed by atoms with Crippen LogP contribution in [0.5, 0.6) is 0 Å². The average Bonchev–Trinajstić information content (AvgIpc) is 2.41. The fourth-order valence-corrected chi connectivity index (χ4v) is 0.215. The standard InChI is InChI=1S/C4H6O2.C3H4N2.BrH/c1-3(2)4(5)6;1-2-5-3-4-1;/h1H2,2H3,(H,5,6);1-3H,(H,4,5);1H. The maximum absolute atomic E-state index is 9.60. The number of nitrogens with one attached hydrogen (secondary N) is 1. The zero-order chi connectivity index (χ0) is 8.69. The van der Waals surface area contributed by atoms with E-state index in [9.17, 15) is 4.79 Å². The second-order valence-corrected chi connectivity index (χ2v) is 1.85. The molecule has 0 saturated heterocycles. The molecule has 0 saturated carbocycles. The number of nitrogens with zero attached hydrogens (tertiary/aromatic N) is 1. The largest absolute Gasteiger partial charge is 0.478 e. The topological polar surface area (TPSA) is 66.0 Å². The van der Waals surface area contributed by atoms with Gasteiger partial charge < -0.3 is 10.1 Å². The van der Waals surface area contributed by atoms with Crippen molar-refractivity contribution in [2.45, 2.75) is 6.92 Å². The minimum atomic E-state index is -0.935. The van der Waals surface area contributed by atoms with Crippen LogP contribution in [0, 0.1) is 0 Å². The molecule has 0 aliphatic carbocycles. The van der Waals surface area contributed by atoms with Crippen molar-refractivity contribution in [2.75, 3.05) is 0 Å². The molecule has 1 aromatic heterocycles. The lowest BCUT2D eigenvalue weighted by atomic mass is 10.4. The Balaban J connectivity index is 0. The molecule has 1 heterocycles. The summed E-state index contributed by atoms with van der Waals surface area (Å²) in [4.78, 5) is 16.0. The van der Waals surface area contributed by atoms with Crippen LogP contribution in [0.15, 0.2) is 30.9 Å². The minimum absolute atomic E-state index is 0. The number of rotatable bonds is 1. The van der Waals surface area contributed by atoms with Crippen molar-refractivity contribution in [1.82, 2.24) is 9.97 Å². The summed E-state index contributed by atoms with van der Waals surface area (Å²) in [5, 5.41) is 7.89. The van der Waals surface area contributed by atoms with Gasteiger partial charge in [-0.3, -0.25) is 0 Å². The zero-order valence-electron chi connectivity index (χ0n) is 6.65. The number of hydrogen-bond donors (Lipinski definition) is 2. The van der Waals surface area contributed by atoms with Gasteiger partial charge in [-0.05, 0) is 6.92 Å². The van der Waals surface area contributed by atoms with Gasteiger partial charge in [-0.1, -0.05) is 6.58 Å². The van der Waals surface area contributed by atoms with Gasteiger partial charge in [0.25, 0.3) is 0 Å². The van der Waals surface area contributed by atoms with Crippen molar-refractivity contribution in [3.05, 3.63) is 30.9 Å². The Hall–Kier alpha value is -1.10. The molecule has 0 bridgehead atoms. The van der Waals surface area contributed by atoms with Gasteiger partial charge in [0.2, 0.25) is 0 Å². The van der Waals surface area contributed by atoms with Crippen LogP contribution in [0.1, 0.15) is 6.92 Å². The first-order valence-electron chi connectivity index (χ1n) is 2.96. The van der Waals surface area contributed by atoms with E-state index in [4.69, 9.17) is 5.11 Å². The van der Waals surface area contributed by atoms with E-state index in [2.05, 4.69) is 16.5 Å². The highest BCUT2D eigenvalue weighted by Gasteiger charge is 1.90. The van der Waals surface area contributed by atoms with Gasteiger partial charge in [-0.2, -0.15) is 0 Å². The van der Waals surface area contributed by atoms with E-state index in [1.54, 1.807) is 18.7 Å². The molecule has 0 spiro atoms. The van der Waals surface area contributed by atoms with Crippen molar-refractivity contribution >= 4 is 23.0 Å². The average molecular weight is 235 g/mol. The molecular weight excluding hydrogens is 224 g/mol. The lowest BCUT2D eigenvalue weighted by molar-refractivity contribution is -0.132. The lowest BCUT2D eigenvalue weighted by Gasteiger charge is -1.79. The summed E-state index contributed by atoms with van der Waals surface area (Å²) in [5.41, 5.74) is 0.176. The molecule has 1 rings (SSSR count). The van der Waals surface area contributed by atoms with Crippen LogP contribution < -0.4 is 0 Å². The van der Waals surface area contributed by atoms with Gasteiger partial charge in [0.05, 0.1) is 6.33 Å². The zero-order valence-corrected chi connectivity index (χ0v) is 8.36. The Kier molecular flexibility index (Phi) is 8.99. The van der Waals surface area contributed by atoms with Crippen molar-refractivity contribution in [1.29, 1.82) is 0 Å². The number of aromatic nitrogens is 2. The summed E-state index contributed by atoms with van der Waals surface area (Å²) in [7, 11) is 0. The highest BCUT2D eigenvalue weighted by atomic mass is 79.9. The van der Waals surface area contributed by atoms with Crippen LogP contribution in [0.25, 0.3) is 0 Å². The second-order valence-electron chi connectivity index (χ2n) is 1.85. The van der Waals surface area contributed by atoms with Crippen LogP contribution >= 0.6 is 17.0 Å². The molecule has 4 nitrogen and oxygen atoms in total. The first-order valence-corrected chi connectivity index (χ1v) is 2.96. The van der Waals surface area contributed by atoms with Gasteiger partial charge in [-0.25, -0.2) is 9.78 Å². The molecule has 0 unspecified atom stereocenters. The first kappa shape index (κ1) is 13.5. The van der Waals surface area contributed by atoms with E-state index < -0.39 is 5.97 Å². The molecule has 5 heteroatoms. The Labute approximate surface area is 81.1 Å². The van der Waals surface area contributed by atoms with Crippen LogP contribution in [-0.2, 0) is 4.79 Å². The third-order valence-electron chi connectivity index (χ3n) is 0.771. The smallest absolute Gasteiger partial charge is 0.330 e. The number of hydrogen-bond acceptors (Lipinski definition) is 2. The van der Waals surface area contributed by atoms with Gasteiger partial charge >= 0.3 is 5.97 Å². The number of aliphatic carboxylic acids is 1. The molecule has 68 valence electrons. The van der Waals surface area contributed by atoms with E-state index in [1.807, 2.05) is 0 Å². The van der Waals surface area contributed by atoms with Crippen molar-refractivity contribution < 1.29 is 9.90 Å². The quantitative estimate of drug-likeness (QED) is 0.727. The van der Waals surface area contributed by atoms with Crippen molar-refractivity contribution in [3.8, 4) is 0 Å². The Morgan fingerprint density at radius 1 is 1.67 bits per heavy atom. The SMILES string of the molecule is Br.C=C(C)C(=O)O.c1c[nH]cn1. The van der Waals surface area contributed by atoms with E-state index in [0.29, 0.717) is 0 Å². The maximum Gasteiger partial charge on any atom is 0.330 e.